The van der Waals surface area contributed by atoms with Gasteiger partial charge in [-0.2, -0.15) is 0 Å². The number of hydrogen-bond donors (Lipinski definition) is 1. The van der Waals surface area contributed by atoms with E-state index in [-0.39, 0.29) is 0 Å². The van der Waals surface area contributed by atoms with Gasteiger partial charge in [-0.1, -0.05) is 11.3 Å². The molecule has 0 amide bonds. The second-order valence-electron chi connectivity index (χ2n) is 2.33. The molecule has 0 spiro atoms. The molecule has 0 saturated carbocycles. The number of aromatic nitrogens is 2. The second-order valence-corrected chi connectivity index (χ2v) is 5.22. The van der Waals surface area contributed by atoms with E-state index >= 15 is 0 Å². The maximum atomic E-state index is 5.45. The van der Waals surface area contributed by atoms with Crippen molar-refractivity contribution >= 4 is 38.6 Å². The highest BCUT2D eigenvalue weighted by Gasteiger charge is 2.07. The number of halogens is 1. The summed E-state index contributed by atoms with van der Waals surface area (Å²) in [4.78, 5) is 1.13. The molecular formula is C7H6BrN3S2. The third-order valence-electron chi connectivity index (χ3n) is 1.42. The van der Waals surface area contributed by atoms with E-state index < -0.39 is 0 Å². The summed E-state index contributed by atoms with van der Waals surface area (Å²) in [6.07, 6.45) is 0. The molecule has 2 heterocycles. The van der Waals surface area contributed by atoms with Crippen LogP contribution in [0.25, 0.3) is 9.88 Å². The summed E-state index contributed by atoms with van der Waals surface area (Å²) in [5.74, 6) is 0. The number of nitrogens with zero attached hydrogens (tertiary/aromatic N) is 2. The molecule has 0 aliphatic rings. The molecule has 13 heavy (non-hydrogen) atoms. The van der Waals surface area contributed by atoms with Gasteiger partial charge >= 0.3 is 0 Å². The minimum Gasteiger partial charge on any atom is -0.324 e. The maximum Gasteiger partial charge on any atom is 0.157 e. The van der Waals surface area contributed by atoms with Gasteiger partial charge in [0.05, 0.1) is 4.88 Å². The highest BCUT2D eigenvalue weighted by molar-refractivity contribution is 9.10. The van der Waals surface area contributed by atoms with Gasteiger partial charge in [-0.15, -0.1) is 21.5 Å². The summed E-state index contributed by atoms with van der Waals surface area (Å²) in [6.45, 7) is 0.463. The van der Waals surface area contributed by atoms with Crippen molar-refractivity contribution in [2.24, 2.45) is 5.73 Å². The van der Waals surface area contributed by atoms with Crippen LogP contribution in [0.15, 0.2) is 15.9 Å². The van der Waals surface area contributed by atoms with Crippen molar-refractivity contribution in [3.63, 3.8) is 0 Å². The topological polar surface area (TPSA) is 51.8 Å². The average Bonchev–Trinajstić information content (AvgIpc) is 2.71. The molecule has 2 rings (SSSR count). The Morgan fingerprint density at radius 3 is 2.85 bits per heavy atom. The van der Waals surface area contributed by atoms with Crippen LogP contribution in [0.3, 0.4) is 0 Å². The van der Waals surface area contributed by atoms with Crippen LogP contribution < -0.4 is 5.73 Å². The zero-order valence-electron chi connectivity index (χ0n) is 6.53. The molecule has 0 fully saturated rings. The number of rotatable bonds is 2. The van der Waals surface area contributed by atoms with Crippen LogP contribution in [0.1, 0.15) is 5.01 Å². The van der Waals surface area contributed by atoms with Crippen LogP contribution in [0.2, 0.25) is 0 Å². The fourth-order valence-corrected chi connectivity index (χ4v) is 3.06. The van der Waals surface area contributed by atoms with E-state index in [0.29, 0.717) is 6.54 Å². The minimum atomic E-state index is 0.463. The standard InChI is InChI=1S/C7H6BrN3S2/c8-4-1-5(12-3-4)7-11-10-6(2-9)13-7/h1,3H,2,9H2. The molecule has 0 aliphatic heterocycles. The molecule has 68 valence electrons. The van der Waals surface area contributed by atoms with Gasteiger partial charge in [0.2, 0.25) is 0 Å². The molecule has 0 aliphatic carbocycles. The lowest BCUT2D eigenvalue weighted by Crippen LogP contribution is -1.94. The normalized spacial score (nSPS) is 10.6. The van der Waals surface area contributed by atoms with Gasteiger partial charge < -0.3 is 5.73 Å². The van der Waals surface area contributed by atoms with Gasteiger partial charge in [0, 0.05) is 16.4 Å². The van der Waals surface area contributed by atoms with E-state index in [0.717, 1.165) is 19.4 Å². The predicted molar refractivity (Wildman–Crippen MR) is 58.8 cm³/mol. The summed E-state index contributed by atoms with van der Waals surface area (Å²) < 4.78 is 1.08. The molecule has 0 radical (unpaired) electrons. The third kappa shape index (κ3) is 1.96. The van der Waals surface area contributed by atoms with Gasteiger partial charge in [0.15, 0.2) is 5.01 Å². The second kappa shape index (κ2) is 3.83. The fraction of sp³-hybridized carbons (Fsp3) is 0.143. The lowest BCUT2D eigenvalue weighted by Gasteiger charge is -1.83. The molecule has 0 saturated heterocycles. The van der Waals surface area contributed by atoms with Crippen molar-refractivity contribution in [3.05, 3.63) is 20.9 Å². The van der Waals surface area contributed by atoms with Crippen LogP contribution >= 0.6 is 38.6 Å². The van der Waals surface area contributed by atoms with E-state index in [9.17, 15) is 0 Å². The van der Waals surface area contributed by atoms with E-state index in [1.54, 1.807) is 22.7 Å². The van der Waals surface area contributed by atoms with E-state index in [2.05, 4.69) is 26.1 Å². The quantitative estimate of drug-likeness (QED) is 0.916. The average molecular weight is 276 g/mol. The molecule has 6 heteroatoms. The first kappa shape index (κ1) is 9.26. The Hall–Kier alpha value is -0.300. The summed E-state index contributed by atoms with van der Waals surface area (Å²) in [5, 5.41) is 11.8. The molecular weight excluding hydrogens is 270 g/mol. The van der Waals surface area contributed by atoms with E-state index in [1.165, 1.54) is 0 Å². The highest BCUT2D eigenvalue weighted by Crippen LogP contribution is 2.31. The monoisotopic (exact) mass is 275 g/mol. The van der Waals surface area contributed by atoms with Crippen molar-refractivity contribution in [3.8, 4) is 9.88 Å². The van der Waals surface area contributed by atoms with Gasteiger partial charge in [-0.05, 0) is 22.0 Å². The molecule has 2 N–H and O–H groups in total. The van der Waals surface area contributed by atoms with Crippen LogP contribution in [0.4, 0.5) is 0 Å². The van der Waals surface area contributed by atoms with Gasteiger partial charge in [-0.3, -0.25) is 0 Å². The van der Waals surface area contributed by atoms with Crippen LogP contribution in [0, 0.1) is 0 Å². The Bertz CT molecular complexity index is 409. The molecule has 0 aromatic carbocycles. The largest absolute Gasteiger partial charge is 0.324 e. The van der Waals surface area contributed by atoms with Gasteiger partial charge in [0.25, 0.3) is 0 Å². The Kier molecular flexibility index (Phi) is 2.73. The van der Waals surface area contributed by atoms with Crippen molar-refractivity contribution in [1.82, 2.24) is 10.2 Å². The van der Waals surface area contributed by atoms with E-state index in [1.807, 2.05) is 11.4 Å². The van der Waals surface area contributed by atoms with Crippen LogP contribution in [-0.4, -0.2) is 10.2 Å². The predicted octanol–water partition coefficient (Wildman–Crippen LogP) is 2.49. The molecule has 2 aromatic heterocycles. The number of thiophene rings is 1. The lowest BCUT2D eigenvalue weighted by atomic mass is 10.5. The maximum absolute atomic E-state index is 5.45. The first-order chi connectivity index (χ1) is 6.29. The van der Waals surface area contributed by atoms with Gasteiger partial charge in [-0.25, -0.2) is 0 Å². The van der Waals surface area contributed by atoms with Crippen LogP contribution in [0.5, 0.6) is 0 Å². The van der Waals surface area contributed by atoms with Crippen molar-refractivity contribution in [2.45, 2.75) is 6.54 Å². The van der Waals surface area contributed by atoms with Crippen molar-refractivity contribution in [1.29, 1.82) is 0 Å². The third-order valence-corrected chi connectivity index (χ3v) is 4.23. The Morgan fingerprint density at radius 1 is 1.46 bits per heavy atom. The Morgan fingerprint density at radius 2 is 2.31 bits per heavy atom. The molecule has 2 aromatic rings. The van der Waals surface area contributed by atoms with Crippen molar-refractivity contribution < 1.29 is 0 Å². The summed E-state index contributed by atoms with van der Waals surface area (Å²) in [5.41, 5.74) is 5.45. The Labute approximate surface area is 91.7 Å². The number of nitrogens with two attached hydrogens (primary N) is 1. The first-order valence-electron chi connectivity index (χ1n) is 3.56. The highest BCUT2D eigenvalue weighted by atomic mass is 79.9. The Balaban J connectivity index is 2.35. The molecule has 0 unspecified atom stereocenters. The SMILES string of the molecule is NCc1nnc(-c2cc(Br)cs2)s1. The summed E-state index contributed by atoms with van der Waals surface area (Å²) in [7, 11) is 0. The zero-order chi connectivity index (χ0) is 9.26. The van der Waals surface area contributed by atoms with Crippen molar-refractivity contribution in [2.75, 3.05) is 0 Å². The fourth-order valence-electron chi connectivity index (χ4n) is 0.861. The molecule has 0 bridgehead atoms. The minimum absolute atomic E-state index is 0.463. The smallest absolute Gasteiger partial charge is 0.157 e. The van der Waals surface area contributed by atoms with Crippen LogP contribution in [-0.2, 0) is 6.54 Å². The summed E-state index contributed by atoms with van der Waals surface area (Å²) >= 11 is 6.58. The molecule has 0 atom stereocenters. The lowest BCUT2D eigenvalue weighted by molar-refractivity contribution is 0.961. The first-order valence-corrected chi connectivity index (χ1v) is 6.05. The number of hydrogen-bond acceptors (Lipinski definition) is 5. The molecule has 3 nitrogen and oxygen atoms in total. The van der Waals surface area contributed by atoms with Gasteiger partial charge in [0.1, 0.15) is 5.01 Å². The van der Waals surface area contributed by atoms with E-state index in [4.69, 9.17) is 5.73 Å². The summed E-state index contributed by atoms with van der Waals surface area (Å²) in [6, 6.07) is 2.03. The zero-order valence-corrected chi connectivity index (χ0v) is 9.75.